The van der Waals surface area contributed by atoms with Crippen molar-refractivity contribution in [3.05, 3.63) is 28.8 Å². The minimum atomic E-state index is -0.117. The van der Waals surface area contributed by atoms with Crippen molar-refractivity contribution in [2.24, 2.45) is 0 Å². The van der Waals surface area contributed by atoms with Crippen LogP contribution in [0.5, 0.6) is 0 Å². The van der Waals surface area contributed by atoms with E-state index in [1.807, 2.05) is 11.8 Å². The minimum absolute atomic E-state index is 0.117. The smallest absolute Gasteiger partial charge is 0.251 e. The highest BCUT2D eigenvalue weighted by atomic mass is 35.5. The average molecular weight is 287 g/mol. The summed E-state index contributed by atoms with van der Waals surface area (Å²) in [5.41, 5.74) is 6.66. The van der Waals surface area contributed by atoms with Gasteiger partial charge in [-0.3, -0.25) is 4.79 Å². The number of hydrogen-bond acceptors (Lipinski definition) is 3. The number of carbonyl (C=O) groups is 1. The molecule has 0 radical (unpaired) electrons. The quantitative estimate of drug-likeness (QED) is 0.598. The van der Waals surface area contributed by atoms with E-state index in [1.165, 1.54) is 12.2 Å². The van der Waals surface area contributed by atoms with Crippen LogP contribution in [0, 0.1) is 0 Å². The highest BCUT2D eigenvalue weighted by molar-refractivity contribution is 7.98. The zero-order valence-corrected chi connectivity index (χ0v) is 12.1. The molecule has 0 fully saturated rings. The summed E-state index contributed by atoms with van der Waals surface area (Å²) in [6.07, 6.45) is 5.44. The zero-order valence-electron chi connectivity index (χ0n) is 10.5. The van der Waals surface area contributed by atoms with Crippen LogP contribution in [0.15, 0.2) is 18.2 Å². The normalized spacial score (nSPS) is 10.3. The topological polar surface area (TPSA) is 55.1 Å². The van der Waals surface area contributed by atoms with Crippen molar-refractivity contribution >= 4 is 35.0 Å². The van der Waals surface area contributed by atoms with Gasteiger partial charge in [0.1, 0.15) is 0 Å². The second-order valence-electron chi connectivity index (χ2n) is 4.08. The second-order valence-corrected chi connectivity index (χ2v) is 5.50. The number of nitrogen functional groups attached to an aromatic ring is 1. The Morgan fingerprint density at radius 2 is 2.11 bits per heavy atom. The largest absolute Gasteiger partial charge is 0.399 e. The second kappa shape index (κ2) is 8.27. The van der Waals surface area contributed by atoms with E-state index >= 15 is 0 Å². The van der Waals surface area contributed by atoms with Crippen LogP contribution in [0.4, 0.5) is 5.69 Å². The van der Waals surface area contributed by atoms with Crippen LogP contribution in [0.2, 0.25) is 5.02 Å². The molecule has 1 rings (SSSR count). The van der Waals surface area contributed by atoms with Crippen molar-refractivity contribution in [3.8, 4) is 0 Å². The number of thioether (sulfide) groups is 1. The van der Waals surface area contributed by atoms with Crippen LogP contribution >= 0.6 is 23.4 Å². The number of nitrogens with one attached hydrogen (secondary N) is 1. The van der Waals surface area contributed by atoms with E-state index in [-0.39, 0.29) is 5.91 Å². The fourth-order valence-corrected chi connectivity index (χ4v) is 2.33. The highest BCUT2D eigenvalue weighted by Gasteiger charge is 2.06. The van der Waals surface area contributed by atoms with Gasteiger partial charge < -0.3 is 11.1 Å². The SMILES string of the molecule is CSCCCCCNC(=O)c1cc(N)cc(Cl)c1. The third-order valence-corrected chi connectivity index (χ3v) is 3.41. The molecule has 0 aromatic heterocycles. The Morgan fingerprint density at radius 1 is 1.33 bits per heavy atom. The van der Waals surface area contributed by atoms with Crippen molar-refractivity contribution in [3.63, 3.8) is 0 Å². The summed E-state index contributed by atoms with van der Waals surface area (Å²) in [7, 11) is 0. The number of benzene rings is 1. The van der Waals surface area contributed by atoms with E-state index in [1.54, 1.807) is 18.2 Å². The molecular weight excluding hydrogens is 268 g/mol. The van der Waals surface area contributed by atoms with E-state index in [9.17, 15) is 4.79 Å². The molecule has 0 saturated carbocycles. The number of hydrogen-bond donors (Lipinski definition) is 2. The minimum Gasteiger partial charge on any atom is -0.399 e. The molecule has 0 aliphatic rings. The van der Waals surface area contributed by atoms with Gasteiger partial charge in [-0.15, -0.1) is 0 Å². The summed E-state index contributed by atoms with van der Waals surface area (Å²) in [6, 6.07) is 4.89. The van der Waals surface area contributed by atoms with Crippen LogP contribution in [-0.2, 0) is 0 Å². The van der Waals surface area contributed by atoms with E-state index in [2.05, 4.69) is 11.6 Å². The van der Waals surface area contributed by atoms with Crippen LogP contribution in [0.25, 0.3) is 0 Å². The molecule has 18 heavy (non-hydrogen) atoms. The van der Waals surface area contributed by atoms with Crippen LogP contribution < -0.4 is 11.1 Å². The molecule has 100 valence electrons. The first kappa shape index (κ1) is 15.2. The summed E-state index contributed by atoms with van der Waals surface area (Å²) in [6.45, 7) is 0.694. The Labute approximate surface area is 117 Å². The molecule has 0 heterocycles. The third kappa shape index (κ3) is 5.65. The van der Waals surface area contributed by atoms with Gasteiger partial charge in [0.25, 0.3) is 5.91 Å². The fraction of sp³-hybridized carbons (Fsp3) is 0.462. The molecule has 0 aliphatic carbocycles. The molecule has 0 atom stereocenters. The lowest BCUT2D eigenvalue weighted by Gasteiger charge is -2.06. The van der Waals surface area contributed by atoms with Crippen molar-refractivity contribution in [2.45, 2.75) is 19.3 Å². The molecule has 0 unspecified atom stereocenters. The van der Waals surface area contributed by atoms with Gasteiger partial charge in [-0.05, 0) is 43.0 Å². The standard InChI is InChI=1S/C13H19ClN2OS/c1-18-6-4-2-3-5-16-13(17)10-7-11(14)9-12(15)8-10/h7-9H,2-6,15H2,1H3,(H,16,17). The monoisotopic (exact) mass is 286 g/mol. The Hall–Kier alpha value is -0.870. The maximum atomic E-state index is 11.8. The Morgan fingerprint density at radius 3 is 2.78 bits per heavy atom. The molecule has 1 aromatic rings. The number of carbonyl (C=O) groups excluding carboxylic acids is 1. The predicted octanol–water partition coefficient (Wildman–Crippen LogP) is 3.19. The van der Waals surface area contributed by atoms with Gasteiger partial charge in [-0.2, -0.15) is 11.8 Å². The predicted molar refractivity (Wildman–Crippen MR) is 80.4 cm³/mol. The molecule has 0 spiro atoms. The fourth-order valence-electron chi connectivity index (χ4n) is 1.60. The Bertz CT molecular complexity index is 378. The molecule has 3 N–H and O–H groups in total. The molecule has 0 saturated heterocycles. The van der Waals surface area contributed by atoms with E-state index in [0.717, 1.165) is 12.8 Å². The van der Waals surface area contributed by atoms with Crippen molar-refractivity contribution < 1.29 is 4.79 Å². The highest BCUT2D eigenvalue weighted by Crippen LogP contribution is 2.16. The molecule has 1 amide bonds. The average Bonchev–Trinajstić information content (AvgIpc) is 2.32. The molecule has 3 nitrogen and oxygen atoms in total. The zero-order chi connectivity index (χ0) is 13.4. The summed E-state index contributed by atoms with van der Waals surface area (Å²) < 4.78 is 0. The van der Waals surface area contributed by atoms with Gasteiger partial charge in [0.05, 0.1) is 0 Å². The lowest BCUT2D eigenvalue weighted by Crippen LogP contribution is -2.24. The summed E-state index contributed by atoms with van der Waals surface area (Å²) in [5, 5.41) is 3.36. The maximum absolute atomic E-state index is 11.8. The number of amides is 1. The van der Waals surface area contributed by atoms with Crippen LogP contribution in [0.1, 0.15) is 29.6 Å². The van der Waals surface area contributed by atoms with E-state index in [4.69, 9.17) is 17.3 Å². The van der Waals surface area contributed by atoms with E-state index in [0.29, 0.717) is 22.8 Å². The number of rotatable bonds is 7. The number of anilines is 1. The van der Waals surface area contributed by atoms with Crippen LogP contribution in [-0.4, -0.2) is 24.5 Å². The molecule has 0 bridgehead atoms. The first-order chi connectivity index (χ1) is 8.63. The summed E-state index contributed by atoms with van der Waals surface area (Å²) >= 11 is 7.70. The van der Waals surface area contributed by atoms with Gasteiger partial charge in [-0.25, -0.2) is 0 Å². The van der Waals surface area contributed by atoms with Crippen molar-refractivity contribution in [2.75, 3.05) is 24.3 Å². The van der Waals surface area contributed by atoms with Gasteiger partial charge in [0, 0.05) is 22.8 Å². The van der Waals surface area contributed by atoms with Gasteiger partial charge in [0.2, 0.25) is 0 Å². The number of nitrogens with two attached hydrogens (primary N) is 1. The van der Waals surface area contributed by atoms with Gasteiger partial charge >= 0.3 is 0 Å². The third-order valence-electron chi connectivity index (χ3n) is 2.49. The lowest BCUT2D eigenvalue weighted by molar-refractivity contribution is 0.0953. The van der Waals surface area contributed by atoms with E-state index < -0.39 is 0 Å². The number of halogens is 1. The van der Waals surface area contributed by atoms with Gasteiger partial charge in [-0.1, -0.05) is 18.0 Å². The first-order valence-corrected chi connectivity index (χ1v) is 7.74. The summed E-state index contributed by atoms with van der Waals surface area (Å²) in [4.78, 5) is 11.8. The first-order valence-electron chi connectivity index (χ1n) is 5.96. The summed E-state index contributed by atoms with van der Waals surface area (Å²) in [5.74, 6) is 1.06. The molecule has 5 heteroatoms. The Kier molecular flexibility index (Phi) is 6.98. The maximum Gasteiger partial charge on any atom is 0.251 e. The van der Waals surface area contributed by atoms with Crippen molar-refractivity contribution in [1.29, 1.82) is 0 Å². The molecular formula is C13H19ClN2OS. The lowest BCUT2D eigenvalue weighted by atomic mass is 10.2. The van der Waals surface area contributed by atoms with Crippen LogP contribution in [0.3, 0.4) is 0 Å². The van der Waals surface area contributed by atoms with Crippen molar-refractivity contribution in [1.82, 2.24) is 5.32 Å². The number of unbranched alkanes of at least 4 members (excludes halogenated alkanes) is 2. The molecule has 0 aliphatic heterocycles. The van der Waals surface area contributed by atoms with Gasteiger partial charge in [0.15, 0.2) is 0 Å². The molecule has 1 aromatic carbocycles. The Balaban J connectivity index is 2.32.